The van der Waals surface area contributed by atoms with Crippen molar-refractivity contribution in [3.63, 3.8) is 0 Å². The van der Waals surface area contributed by atoms with Crippen LogP contribution in [0.3, 0.4) is 0 Å². The number of benzene rings is 1. The third-order valence-electron chi connectivity index (χ3n) is 2.72. The molecule has 0 aliphatic carbocycles. The Morgan fingerprint density at radius 3 is 2.80 bits per heavy atom. The van der Waals surface area contributed by atoms with Crippen molar-refractivity contribution in [3.8, 4) is 11.5 Å². The zero-order valence-electron chi connectivity index (χ0n) is 12.0. The smallest absolute Gasteiger partial charge is 0.129 e. The summed E-state index contributed by atoms with van der Waals surface area (Å²) in [6.45, 7) is 7.66. The Kier molecular flexibility index (Phi) is 6.60. The average molecular weight is 274 g/mol. The highest BCUT2D eigenvalue weighted by Gasteiger charge is 2.15. The number of hydrogen-bond acceptors (Lipinski definition) is 3. The number of aliphatic hydroxyl groups is 1. The maximum Gasteiger partial charge on any atom is 0.129 e. The molecular formula is C17H22O3. The number of aliphatic hydroxyl groups excluding tert-OH is 1. The number of phenols is 1. The number of phenolic OH excluding ortho intramolecular Hbond substituents is 1. The fourth-order valence-corrected chi connectivity index (χ4v) is 1.83. The van der Waals surface area contributed by atoms with Crippen LogP contribution in [0, 0.1) is 0 Å². The first-order valence-corrected chi connectivity index (χ1v) is 6.61. The second kappa shape index (κ2) is 8.23. The second-order valence-corrected chi connectivity index (χ2v) is 4.60. The van der Waals surface area contributed by atoms with Gasteiger partial charge in [0.1, 0.15) is 18.1 Å². The van der Waals surface area contributed by atoms with E-state index in [1.807, 2.05) is 32.1 Å². The fraction of sp³-hybridized carbons (Fsp3) is 0.294. The van der Waals surface area contributed by atoms with Crippen molar-refractivity contribution in [2.45, 2.75) is 26.4 Å². The first-order chi connectivity index (χ1) is 9.58. The molecule has 1 aliphatic rings. The van der Waals surface area contributed by atoms with Crippen molar-refractivity contribution in [3.05, 3.63) is 60.2 Å². The SMILES string of the molecule is C/C1=C/C=C\COc2cc(O)ccc2C(O)C1.C=CC. The maximum absolute atomic E-state index is 10.1. The lowest BCUT2D eigenvalue weighted by molar-refractivity contribution is 0.172. The Hall–Kier alpha value is -2.00. The van der Waals surface area contributed by atoms with Gasteiger partial charge in [0.25, 0.3) is 0 Å². The molecular weight excluding hydrogens is 252 g/mol. The number of hydrogen-bond donors (Lipinski definition) is 2. The van der Waals surface area contributed by atoms with Gasteiger partial charge in [-0.2, -0.15) is 0 Å². The van der Waals surface area contributed by atoms with Crippen molar-refractivity contribution in [2.24, 2.45) is 0 Å². The van der Waals surface area contributed by atoms with Crippen LogP contribution in [0.25, 0.3) is 0 Å². The van der Waals surface area contributed by atoms with Crippen LogP contribution in [-0.4, -0.2) is 16.8 Å². The summed E-state index contributed by atoms with van der Waals surface area (Å²) >= 11 is 0. The standard InChI is InChI=1S/C14H16O3.C3H6/c1-10-4-2-3-7-17-14-9-11(15)5-6-12(14)13(16)8-10;1-3-2/h2-6,9,13,15-16H,7-8H2,1H3;3H,1H2,2H3/b3-2-,10-4-;. The third-order valence-corrected chi connectivity index (χ3v) is 2.72. The first-order valence-electron chi connectivity index (χ1n) is 6.61. The molecule has 1 atom stereocenters. The minimum Gasteiger partial charge on any atom is -0.508 e. The quantitative estimate of drug-likeness (QED) is 0.705. The zero-order chi connectivity index (χ0) is 15.0. The summed E-state index contributed by atoms with van der Waals surface area (Å²) in [5.41, 5.74) is 1.82. The van der Waals surface area contributed by atoms with E-state index in [9.17, 15) is 10.2 Å². The first kappa shape index (κ1) is 16.1. The van der Waals surface area contributed by atoms with Gasteiger partial charge in [-0.05, 0) is 38.5 Å². The Bertz CT molecular complexity index is 501. The van der Waals surface area contributed by atoms with Gasteiger partial charge < -0.3 is 14.9 Å². The molecule has 1 aliphatic heterocycles. The molecule has 0 fully saturated rings. The highest BCUT2D eigenvalue weighted by molar-refractivity contribution is 5.42. The zero-order valence-corrected chi connectivity index (χ0v) is 12.0. The van der Waals surface area contributed by atoms with E-state index < -0.39 is 6.10 Å². The highest BCUT2D eigenvalue weighted by Crippen LogP contribution is 2.32. The number of rotatable bonds is 0. The normalized spacial score (nSPS) is 21.9. The Morgan fingerprint density at radius 2 is 2.10 bits per heavy atom. The molecule has 0 saturated heterocycles. The summed E-state index contributed by atoms with van der Waals surface area (Å²) in [5.74, 6) is 0.682. The molecule has 20 heavy (non-hydrogen) atoms. The molecule has 0 spiro atoms. The van der Waals surface area contributed by atoms with Gasteiger partial charge in [0, 0.05) is 11.6 Å². The van der Waals surface area contributed by atoms with E-state index >= 15 is 0 Å². The summed E-state index contributed by atoms with van der Waals surface area (Å²) in [4.78, 5) is 0. The van der Waals surface area contributed by atoms with Crippen molar-refractivity contribution in [2.75, 3.05) is 6.61 Å². The van der Waals surface area contributed by atoms with Crippen LogP contribution in [0.5, 0.6) is 11.5 Å². The minimum absolute atomic E-state index is 0.143. The highest BCUT2D eigenvalue weighted by atomic mass is 16.5. The minimum atomic E-state index is -0.603. The Balaban J connectivity index is 0.000000612. The molecule has 3 heteroatoms. The van der Waals surface area contributed by atoms with Crippen LogP contribution in [0.15, 0.2) is 54.7 Å². The molecule has 0 bridgehead atoms. The number of ether oxygens (including phenoxy) is 1. The van der Waals surface area contributed by atoms with Gasteiger partial charge in [0.2, 0.25) is 0 Å². The lowest BCUT2D eigenvalue weighted by atomic mass is 10.0. The van der Waals surface area contributed by atoms with E-state index in [2.05, 4.69) is 6.58 Å². The molecule has 0 saturated carbocycles. The average Bonchev–Trinajstić information content (AvgIpc) is 2.38. The number of allylic oxidation sites excluding steroid dienone is 3. The van der Waals surface area contributed by atoms with Gasteiger partial charge in [-0.3, -0.25) is 0 Å². The van der Waals surface area contributed by atoms with Gasteiger partial charge in [-0.25, -0.2) is 0 Å². The summed E-state index contributed by atoms with van der Waals surface area (Å²) in [5, 5.41) is 19.5. The summed E-state index contributed by atoms with van der Waals surface area (Å²) < 4.78 is 5.51. The molecule has 1 aromatic rings. The van der Waals surface area contributed by atoms with Crippen molar-refractivity contribution < 1.29 is 14.9 Å². The van der Waals surface area contributed by atoms with E-state index in [0.29, 0.717) is 24.3 Å². The molecule has 0 aromatic heterocycles. The molecule has 1 aromatic carbocycles. The van der Waals surface area contributed by atoms with E-state index in [1.165, 1.54) is 6.07 Å². The molecule has 0 amide bonds. The number of aromatic hydroxyl groups is 1. The van der Waals surface area contributed by atoms with Crippen LogP contribution >= 0.6 is 0 Å². The van der Waals surface area contributed by atoms with Crippen molar-refractivity contribution in [1.29, 1.82) is 0 Å². The molecule has 108 valence electrons. The Morgan fingerprint density at radius 1 is 1.40 bits per heavy atom. The van der Waals surface area contributed by atoms with Gasteiger partial charge in [0.05, 0.1) is 6.10 Å². The van der Waals surface area contributed by atoms with Gasteiger partial charge in [-0.15, -0.1) is 6.58 Å². The van der Waals surface area contributed by atoms with E-state index in [4.69, 9.17) is 4.74 Å². The largest absolute Gasteiger partial charge is 0.508 e. The van der Waals surface area contributed by atoms with Crippen molar-refractivity contribution in [1.82, 2.24) is 0 Å². The van der Waals surface area contributed by atoms with Gasteiger partial charge >= 0.3 is 0 Å². The predicted molar refractivity (Wildman–Crippen MR) is 81.9 cm³/mol. The maximum atomic E-state index is 10.1. The van der Waals surface area contributed by atoms with Crippen LogP contribution in [0.1, 0.15) is 31.9 Å². The van der Waals surface area contributed by atoms with Crippen LogP contribution < -0.4 is 4.74 Å². The van der Waals surface area contributed by atoms with Crippen LogP contribution in [-0.2, 0) is 0 Å². The van der Waals surface area contributed by atoms with Crippen LogP contribution in [0.4, 0.5) is 0 Å². The van der Waals surface area contributed by atoms with E-state index in [1.54, 1.807) is 18.2 Å². The van der Waals surface area contributed by atoms with Crippen LogP contribution in [0.2, 0.25) is 0 Å². The second-order valence-electron chi connectivity index (χ2n) is 4.60. The van der Waals surface area contributed by atoms with E-state index in [-0.39, 0.29) is 5.75 Å². The van der Waals surface area contributed by atoms with Gasteiger partial charge in [-0.1, -0.05) is 23.8 Å². The predicted octanol–water partition coefficient (Wildman–Crippen LogP) is 3.90. The number of fused-ring (bicyclic) bond motifs is 1. The molecule has 3 nitrogen and oxygen atoms in total. The van der Waals surface area contributed by atoms with Crippen molar-refractivity contribution >= 4 is 0 Å². The molecule has 1 heterocycles. The van der Waals surface area contributed by atoms with Gasteiger partial charge in [0.15, 0.2) is 0 Å². The third kappa shape index (κ3) is 4.94. The molecule has 0 radical (unpaired) electrons. The topological polar surface area (TPSA) is 49.7 Å². The summed E-state index contributed by atoms with van der Waals surface area (Å²) in [6.07, 6.45) is 7.49. The van der Waals surface area contributed by atoms with E-state index in [0.717, 1.165) is 5.57 Å². The monoisotopic (exact) mass is 274 g/mol. The summed E-state index contributed by atoms with van der Waals surface area (Å²) in [6, 6.07) is 4.80. The summed E-state index contributed by atoms with van der Waals surface area (Å²) in [7, 11) is 0. The molecule has 2 rings (SSSR count). The molecule has 1 unspecified atom stereocenters. The lowest BCUT2D eigenvalue weighted by Crippen LogP contribution is -2.04. The lowest BCUT2D eigenvalue weighted by Gasteiger charge is -2.17. The molecule has 2 N–H and O–H groups in total. The fourth-order valence-electron chi connectivity index (χ4n) is 1.83. The Labute approximate surface area is 120 Å².